The molecule has 2 aliphatic heterocycles. The van der Waals surface area contributed by atoms with Crippen molar-refractivity contribution in [3.63, 3.8) is 0 Å². The molecule has 2 fully saturated rings. The van der Waals surface area contributed by atoms with Crippen molar-refractivity contribution >= 4 is 11.6 Å². The van der Waals surface area contributed by atoms with E-state index < -0.39 is 5.79 Å². The maximum atomic E-state index is 12.6. The maximum absolute atomic E-state index is 12.6. The zero-order chi connectivity index (χ0) is 14.2. The second kappa shape index (κ2) is 5.07. The van der Waals surface area contributed by atoms with Gasteiger partial charge in [0.1, 0.15) is 0 Å². The van der Waals surface area contributed by atoms with Crippen LogP contribution in [-0.2, 0) is 9.47 Å². The Morgan fingerprint density at radius 1 is 1.25 bits per heavy atom. The minimum Gasteiger partial charge on any atom is -0.398 e. The normalized spacial score (nSPS) is 21.4. The first kappa shape index (κ1) is 13.4. The smallest absolute Gasteiger partial charge is 0.254 e. The van der Waals surface area contributed by atoms with Crippen LogP contribution in [0.3, 0.4) is 0 Å². The van der Waals surface area contributed by atoms with Gasteiger partial charge >= 0.3 is 0 Å². The van der Waals surface area contributed by atoms with Crippen LogP contribution in [0.1, 0.15) is 28.8 Å². The first-order valence-corrected chi connectivity index (χ1v) is 7.04. The van der Waals surface area contributed by atoms with Gasteiger partial charge in [-0.3, -0.25) is 4.79 Å². The van der Waals surface area contributed by atoms with Crippen LogP contribution in [-0.4, -0.2) is 42.9 Å². The predicted octanol–water partition coefficient (Wildman–Crippen LogP) is 1.56. The van der Waals surface area contributed by atoms with E-state index in [1.54, 1.807) is 0 Å². The van der Waals surface area contributed by atoms with Crippen LogP contribution in [0.25, 0.3) is 0 Å². The number of hydrogen-bond acceptors (Lipinski definition) is 4. The maximum Gasteiger partial charge on any atom is 0.254 e. The number of amides is 1. The molecule has 1 aromatic carbocycles. The number of ether oxygens (including phenoxy) is 2. The van der Waals surface area contributed by atoms with Crippen molar-refractivity contribution in [3.8, 4) is 0 Å². The molecule has 2 N–H and O–H groups in total. The average Bonchev–Trinajstić information content (AvgIpc) is 2.90. The van der Waals surface area contributed by atoms with Crippen molar-refractivity contribution in [2.45, 2.75) is 25.6 Å². The van der Waals surface area contributed by atoms with Crippen molar-refractivity contribution in [1.82, 2.24) is 4.90 Å². The number of likely N-dealkylation sites (tertiary alicyclic amines) is 1. The molecule has 1 aromatic rings. The van der Waals surface area contributed by atoms with Crippen LogP contribution < -0.4 is 5.73 Å². The molecule has 20 heavy (non-hydrogen) atoms. The van der Waals surface area contributed by atoms with Crippen LogP contribution in [0.4, 0.5) is 5.69 Å². The summed E-state index contributed by atoms with van der Waals surface area (Å²) in [7, 11) is 0. The summed E-state index contributed by atoms with van der Waals surface area (Å²) in [4.78, 5) is 14.4. The van der Waals surface area contributed by atoms with Gasteiger partial charge in [0.15, 0.2) is 5.79 Å². The second-order valence-electron chi connectivity index (χ2n) is 5.42. The SMILES string of the molecule is Cc1c(N)cccc1C(=O)N1CCC2(CC1)OCCO2. The second-order valence-corrected chi connectivity index (χ2v) is 5.42. The summed E-state index contributed by atoms with van der Waals surface area (Å²) in [5.74, 6) is -0.399. The van der Waals surface area contributed by atoms with Gasteiger partial charge in [0.2, 0.25) is 0 Å². The Bertz CT molecular complexity index is 514. The van der Waals surface area contributed by atoms with Crippen LogP contribution in [0, 0.1) is 6.92 Å². The van der Waals surface area contributed by atoms with Gasteiger partial charge in [-0.2, -0.15) is 0 Å². The molecule has 3 rings (SSSR count). The van der Waals surface area contributed by atoms with E-state index in [-0.39, 0.29) is 5.91 Å². The molecule has 0 unspecified atom stereocenters. The minimum absolute atomic E-state index is 0.0441. The lowest BCUT2D eigenvalue weighted by molar-refractivity contribution is -0.181. The van der Waals surface area contributed by atoms with Crippen molar-refractivity contribution in [2.75, 3.05) is 32.0 Å². The van der Waals surface area contributed by atoms with Gasteiger partial charge in [-0.25, -0.2) is 0 Å². The highest BCUT2D eigenvalue weighted by atomic mass is 16.7. The van der Waals surface area contributed by atoms with Crippen LogP contribution in [0.5, 0.6) is 0 Å². The summed E-state index contributed by atoms with van der Waals surface area (Å²) in [5.41, 5.74) is 8.07. The van der Waals surface area contributed by atoms with Gasteiger partial charge < -0.3 is 20.1 Å². The highest BCUT2D eigenvalue weighted by Gasteiger charge is 2.40. The molecule has 0 radical (unpaired) electrons. The molecule has 108 valence electrons. The lowest BCUT2D eigenvalue weighted by Crippen LogP contribution is -2.47. The van der Waals surface area contributed by atoms with E-state index in [1.807, 2.05) is 30.0 Å². The lowest BCUT2D eigenvalue weighted by atomic mass is 10.0. The predicted molar refractivity (Wildman–Crippen MR) is 75.4 cm³/mol. The monoisotopic (exact) mass is 276 g/mol. The molecule has 0 aliphatic carbocycles. The molecule has 0 bridgehead atoms. The fourth-order valence-electron chi connectivity index (χ4n) is 2.89. The number of anilines is 1. The molecular formula is C15H20N2O3. The van der Waals surface area contributed by atoms with Crippen LogP contribution in [0.15, 0.2) is 18.2 Å². The first-order chi connectivity index (χ1) is 9.61. The van der Waals surface area contributed by atoms with Gasteiger partial charge in [-0.15, -0.1) is 0 Å². The number of nitrogen functional groups attached to an aromatic ring is 1. The number of piperidine rings is 1. The number of rotatable bonds is 1. The molecule has 0 saturated carbocycles. The molecule has 1 spiro atoms. The Hall–Kier alpha value is -1.59. The fourth-order valence-corrected chi connectivity index (χ4v) is 2.89. The third-order valence-electron chi connectivity index (χ3n) is 4.23. The van der Waals surface area contributed by atoms with Crippen LogP contribution >= 0.6 is 0 Å². The van der Waals surface area contributed by atoms with Crippen molar-refractivity contribution in [2.24, 2.45) is 0 Å². The largest absolute Gasteiger partial charge is 0.398 e. The van der Waals surface area contributed by atoms with Gasteiger partial charge in [0, 0.05) is 37.2 Å². The van der Waals surface area contributed by atoms with Crippen molar-refractivity contribution in [1.29, 1.82) is 0 Å². The molecule has 5 nitrogen and oxygen atoms in total. The molecule has 5 heteroatoms. The Kier molecular flexibility index (Phi) is 3.40. The summed E-state index contributed by atoms with van der Waals surface area (Å²) in [6, 6.07) is 5.47. The Balaban J connectivity index is 1.71. The summed E-state index contributed by atoms with van der Waals surface area (Å²) < 4.78 is 11.4. The zero-order valence-electron chi connectivity index (χ0n) is 11.7. The molecule has 0 atom stereocenters. The Morgan fingerprint density at radius 3 is 2.55 bits per heavy atom. The molecule has 2 aliphatic rings. The molecular weight excluding hydrogens is 256 g/mol. The number of nitrogens with zero attached hydrogens (tertiary/aromatic N) is 1. The van der Waals surface area contributed by atoms with Gasteiger partial charge in [-0.1, -0.05) is 6.07 Å². The van der Waals surface area contributed by atoms with Gasteiger partial charge in [0.25, 0.3) is 5.91 Å². The number of benzene rings is 1. The number of nitrogens with two attached hydrogens (primary N) is 1. The number of carbonyl (C=O) groups is 1. The van der Waals surface area contributed by atoms with E-state index in [0.717, 1.165) is 18.4 Å². The highest BCUT2D eigenvalue weighted by molar-refractivity contribution is 5.97. The first-order valence-electron chi connectivity index (χ1n) is 7.04. The van der Waals surface area contributed by atoms with E-state index in [4.69, 9.17) is 15.2 Å². The van der Waals surface area contributed by atoms with E-state index >= 15 is 0 Å². The third-order valence-corrected chi connectivity index (χ3v) is 4.23. The fraction of sp³-hybridized carbons (Fsp3) is 0.533. The molecule has 0 aromatic heterocycles. The third kappa shape index (κ3) is 2.27. The summed E-state index contributed by atoms with van der Waals surface area (Å²) in [6.07, 6.45) is 1.47. The van der Waals surface area contributed by atoms with E-state index in [9.17, 15) is 4.79 Å². The standard InChI is InChI=1S/C15H20N2O3/c1-11-12(3-2-4-13(11)16)14(18)17-7-5-15(6-8-17)19-9-10-20-15/h2-4H,5-10,16H2,1H3. The Labute approximate surface area is 118 Å². The van der Waals surface area contributed by atoms with E-state index in [1.165, 1.54) is 0 Å². The molecule has 2 heterocycles. The lowest BCUT2D eigenvalue weighted by Gasteiger charge is -2.37. The molecule has 2 saturated heterocycles. The topological polar surface area (TPSA) is 64.8 Å². The summed E-state index contributed by atoms with van der Waals surface area (Å²) >= 11 is 0. The number of carbonyl (C=O) groups excluding carboxylic acids is 1. The Morgan fingerprint density at radius 2 is 1.90 bits per heavy atom. The van der Waals surface area contributed by atoms with Crippen LogP contribution in [0.2, 0.25) is 0 Å². The van der Waals surface area contributed by atoms with Crippen molar-refractivity contribution < 1.29 is 14.3 Å². The zero-order valence-corrected chi connectivity index (χ0v) is 11.7. The minimum atomic E-state index is -0.443. The highest BCUT2D eigenvalue weighted by Crippen LogP contribution is 2.32. The number of hydrogen-bond donors (Lipinski definition) is 1. The van der Waals surface area contributed by atoms with E-state index in [2.05, 4.69) is 0 Å². The van der Waals surface area contributed by atoms with Gasteiger partial charge in [0.05, 0.1) is 13.2 Å². The summed E-state index contributed by atoms with van der Waals surface area (Å²) in [5, 5.41) is 0. The van der Waals surface area contributed by atoms with Gasteiger partial charge in [-0.05, 0) is 24.6 Å². The quantitative estimate of drug-likeness (QED) is 0.791. The summed E-state index contributed by atoms with van der Waals surface area (Å²) in [6.45, 7) is 4.52. The van der Waals surface area contributed by atoms with E-state index in [0.29, 0.717) is 37.6 Å². The van der Waals surface area contributed by atoms with Crippen molar-refractivity contribution in [3.05, 3.63) is 29.3 Å². The molecule has 1 amide bonds. The average molecular weight is 276 g/mol.